The maximum absolute atomic E-state index is 12.2. The summed E-state index contributed by atoms with van der Waals surface area (Å²) in [6.45, 7) is 4.26. The molecule has 1 amide bonds. The summed E-state index contributed by atoms with van der Waals surface area (Å²) in [5.74, 6) is 2.00. The van der Waals surface area contributed by atoms with Gasteiger partial charge in [-0.25, -0.2) is 0 Å². The number of aryl methyl sites for hydroxylation is 2. The van der Waals surface area contributed by atoms with E-state index in [9.17, 15) is 4.79 Å². The van der Waals surface area contributed by atoms with E-state index in [0.717, 1.165) is 27.7 Å². The summed E-state index contributed by atoms with van der Waals surface area (Å²) in [6, 6.07) is 7.69. The molecule has 0 unspecified atom stereocenters. The maximum Gasteiger partial charge on any atom is 0.232 e. The van der Waals surface area contributed by atoms with E-state index in [-0.39, 0.29) is 5.91 Å². The van der Waals surface area contributed by atoms with Crippen molar-refractivity contribution in [2.24, 2.45) is 0 Å². The van der Waals surface area contributed by atoms with Crippen LogP contribution in [0.5, 0.6) is 5.75 Å². The largest absolute Gasteiger partial charge is 0.497 e. The normalized spacial score (nSPS) is 10.5. The van der Waals surface area contributed by atoms with E-state index >= 15 is 0 Å². The van der Waals surface area contributed by atoms with Gasteiger partial charge in [0.25, 0.3) is 0 Å². The van der Waals surface area contributed by atoms with Gasteiger partial charge in [-0.3, -0.25) is 4.79 Å². The molecule has 1 aromatic carbocycles. The standard InChI is InChI=1S/C16H20N2O3S/c1-11-15(12(2)21-17-11)9-18(3)16(19)10-22-14-7-5-6-13(8-14)20-4/h5-8H,9-10H2,1-4H3. The molecule has 0 aliphatic rings. The van der Waals surface area contributed by atoms with Crippen LogP contribution in [0, 0.1) is 13.8 Å². The fourth-order valence-electron chi connectivity index (χ4n) is 2.00. The third-order valence-electron chi connectivity index (χ3n) is 3.41. The Morgan fingerprint density at radius 3 is 2.82 bits per heavy atom. The minimum atomic E-state index is 0.0628. The molecule has 0 spiro atoms. The predicted molar refractivity (Wildman–Crippen MR) is 86.2 cm³/mol. The van der Waals surface area contributed by atoms with Crippen molar-refractivity contribution in [2.45, 2.75) is 25.3 Å². The molecule has 0 atom stereocenters. The highest BCUT2D eigenvalue weighted by Crippen LogP contribution is 2.23. The minimum absolute atomic E-state index is 0.0628. The molecule has 1 aromatic heterocycles. The van der Waals surface area contributed by atoms with E-state index in [0.29, 0.717) is 12.3 Å². The van der Waals surface area contributed by atoms with Crippen LogP contribution in [0.4, 0.5) is 0 Å². The van der Waals surface area contributed by atoms with Gasteiger partial charge in [0.2, 0.25) is 5.91 Å². The molecule has 0 radical (unpaired) electrons. The second-order valence-corrected chi connectivity index (χ2v) is 6.07. The van der Waals surface area contributed by atoms with Gasteiger partial charge < -0.3 is 14.2 Å². The number of nitrogens with zero attached hydrogens (tertiary/aromatic N) is 2. The first-order valence-electron chi connectivity index (χ1n) is 6.94. The molecule has 0 fully saturated rings. The number of rotatable bonds is 6. The van der Waals surface area contributed by atoms with Crippen molar-refractivity contribution in [2.75, 3.05) is 19.9 Å². The molecule has 0 aliphatic carbocycles. The molecular formula is C16H20N2O3S. The Morgan fingerprint density at radius 2 is 2.18 bits per heavy atom. The molecule has 6 heteroatoms. The number of thioether (sulfide) groups is 1. The van der Waals surface area contributed by atoms with Gasteiger partial charge in [-0.05, 0) is 32.0 Å². The number of amides is 1. The summed E-state index contributed by atoms with van der Waals surface area (Å²) >= 11 is 1.50. The molecule has 2 rings (SSSR count). The topological polar surface area (TPSA) is 55.6 Å². The molecule has 1 heterocycles. The number of methoxy groups -OCH3 is 1. The van der Waals surface area contributed by atoms with Gasteiger partial charge in [0.15, 0.2) is 0 Å². The summed E-state index contributed by atoms with van der Waals surface area (Å²) in [6.07, 6.45) is 0. The Hall–Kier alpha value is -1.95. The van der Waals surface area contributed by atoms with Crippen molar-refractivity contribution in [3.63, 3.8) is 0 Å². The summed E-state index contributed by atoms with van der Waals surface area (Å²) in [4.78, 5) is 14.9. The average Bonchev–Trinajstić information content (AvgIpc) is 2.84. The van der Waals surface area contributed by atoms with Gasteiger partial charge in [0.1, 0.15) is 11.5 Å². The lowest BCUT2D eigenvalue weighted by atomic mass is 10.2. The SMILES string of the molecule is COc1cccc(SCC(=O)N(C)Cc2c(C)noc2C)c1. The molecule has 118 valence electrons. The minimum Gasteiger partial charge on any atom is -0.497 e. The summed E-state index contributed by atoms with van der Waals surface area (Å²) in [5.41, 5.74) is 1.81. The number of ether oxygens (including phenoxy) is 1. The van der Waals surface area contributed by atoms with Gasteiger partial charge in [-0.1, -0.05) is 11.2 Å². The van der Waals surface area contributed by atoms with Gasteiger partial charge in [0.05, 0.1) is 25.1 Å². The maximum atomic E-state index is 12.2. The van der Waals surface area contributed by atoms with Crippen molar-refractivity contribution >= 4 is 17.7 Å². The number of hydrogen-bond acceptors (Lipinski definition) is 5. The van der Waals surface area contributed by atoms with E-state index in [1.54, 1.807) is 19.1 Å². The van der Waals surface area contributed by atoms with Crippen molar-refractivity contribution in [1.82, 2.24) is 10.1 Å². The Morgan fingerprint density at radius 1 is 1.41 bits per heavy atom. The third-order valence-corrected chi connectivity index (χ3v) is 4.38. The number of hydrogen-bond donors (Lipinski definition) is 0. The molecule has 0 saturated heterocycles. The summed E-state index contributed by atoms with van der Waals surface area (Å²) < 4.78 is 10.3. The zero-order valence-corrected chi connectivity index (χ0v) is 14.1. The number of aromatic nitrogens is 1. The molecule has 0 aliphatic heterocycles. The van der Waals surface area contributed by atoms with Crippen molar-refractivity contribution < 1.29 is 14.1 Å². The van der Waals surface area contributed by atoms with Crippen LogP contribution in [0.2, 0.25) is 0 Å². The van der Waals surface area contributed by atoms with Crippen LogP contribution in [0.25, 0.3) is 0 Å². The molecule has 5 nitrogen and oxygen atoms in total. The Kier molecular flexibility index (Phi) is 5.49. The fraction of sp³-hybridized carbons (Fsp3) is 0.375. The van der Waals surface area contributed by atoms with Crippen LogP contribution in [0.15, 0.2) is 33.7 Å². The highest BCUT2D eigenvalue weighted by atomic mass is 32.2. The molecule has 0 bridgehead atoms. The number of carbonyl (C=O) groups excluding carboxylic acids is 1. The van der Waals surface area contributed by atoms with Crippen LogP contribution in [0.3, 0.4) is 0 Å². The van der Waals surface area contributed by atoms with Gasteiger partial charge in [-0.2, -0.15) is 0 Å². The van der Waals surface area contributed by atoms with Crippen LogP contribution < -0.4 is 4.74 Å². The smallest absolute Gasteiger partial charge is 0.232 e. The highest BCUT2D eigenvalue weighted by Gasteiger charge is 2.15. The quantitative estimate of drug-likeness (QED) is 0.766. The first-order chi connectivity index (χ1) is 10.5. The lowest BCUT2D eigenvalue weighted by Crippen LogP contribution is -2.28. The lowest BCUT2D eigenvalue weighted by molar-refractivity contribution is -0.127. The van der Waals surface area contributed by atoms with Crippen LogP contribution in [-0.4, -0.2) is 35.9 Å². The monoisotopic (exact) mass is 320 g/mol. The number of benzene rings is 1. The Labute approximate surface area is 134 Å². The van der Waals surface area contributed by atoms with E-state index in [1.165, 1.54) is 11.8 Å². The van der Waals surface area contributed by atoms with Gasteiger partial charge in [0, 0.05) is 17.5 Å². The molecule has 22 heavy (non-hydrogen) atoms. The average molecular weight is 320 g/mol. The zero-order chi connectivity index (χ0) is 16.1. The Bertz CT molecular complexity index is 635. The van der Waals surface area contributed by atoms with Gasteiger partial charge >= 0.3 is 0 Å². The first kappa shape index (κ1) is 16.4. The fourth-order valence-corrected chi connectivity index (χ4v) is 2.88. The number of carbonyl (C=O) groups is 1. The first-order valence-corrected chi connectivity index (χ1v) is 7.92. The summed E-state index contributed by atoms with van der Waals surface area (Å²) in [7, 11) is 3.42. The van der Waals surface area contributed by atoms with E-state index in [4.69, 9.17) is 9.26 Å². The van der Waals surface area contributed by atoms with E-state index in [1.807, 2.05) is 38.1 Å². The van der Waals surface area contributed by atoms with Crippen molar-refractivity contribution in [3.8, 4) is 5.75 Å². The van der Waals surface area contributed by atoms with Crippen LogP contribution >= 0.6 is 11.8 Å². The molecule has 0 saturated carbocycles. The predicted octanol–water partition coefficient (Wildman–Crippen LogP) is 3.05. The second kappa shape index (κ2) is 7.35. The van der Waals surface area contributed by atoms with Crippen LogP contribution in [0.1, 0.15) is 17.0 Å². The lowest BCUT2D eigenvalue weighted by Gasteiger charge is -2.16. The van der Waals surface area contributed by atoms with E-state index in [2.05, 4.69) is 5.16 Å². The van der Waals surface area contributed by atoms with Gasteiger partial charge in [-0.15, -0.1) is 11.8 Å². The Balaban J connectivity index is 1.91. The zero-order valence-electron chi connectivity index (χ0n) is 13.3. The van der Waals surface area contributed by atoms with Crippen LogP contribution in [-0.2, 0) is 11.3 Å². The molecule has 0 N–H and O–H groups in total. The second-order valence-electron chi connectivity index (χ2n) is 5.02. The van der Waals surface area contributed by atoms with Crippen molar-refractivity contribution in [1.29, 1.82) is 0 Å². The summed E-state index contributed by atoms with van der Waals surface area (Å²) in [5, 5.41) is 3.91. The van der Waals surface area contributed by atoms with E-state index < -0.39 is 0 Å². The molecule has 2 aromatic rings. The van der Waals surface area contributed by atoms with Crippen molar-refractivity contribution in [3.05, 3.63) is 41.3 Å². The molecular weight excluding hydrogens is 300 g/mol. The highest BCUT2D eigenvalue weighted by molar-refractivity contribution is 8.00. The third kappa shape index (κ3) is 4.04.